The van der Waals surface area contributed by atoms with Gasteiger partial charge in [-0.2, -0.15) is 0 Å². The first-order valence-electron chi connectivity index (χ1n) is 6.67. The highest BCUT2D eigenvalue weighted by Gasteiger charge is 2.34. The minimum absolute atomic E-state index is 0.0437. The first-order chi connectivity index (χ1) is 8.45. The smallest absolute Gasteiger partial charge is 0.306 e. The monoisotopic (exact) mass is 256 g/mol. The van der Waals surface area contributed by atoms with Gasteiger partial charge in [-0.25, -0.2) is 0 Å². The molecule has 1 heterocycles. The third-order valence-corrected chi connectivity index (χ3v) is 3.64. The minimum atomic E-state index is -0.298. The Morgan fingerprint density at radius 1 is 1.39 bits per heavy atom. The Balaban J connectivity index is 2.75. The fourth-order valence-electron chi connectivity index (χ4n) is 2.59. The second-order valence-electron chi connectivity index (χ2n) is 5.41. The molecule has 0 aromatic rings. The number of carbonyl (C=O) groups excluding carboxylic acids is 2. The zero-order chi connectivity index (χ0) is 13.7. The van der Waals surface area contributed by atoms with E-state index in [1.54, 1.807) is 0 Å². The molecular formula is C14H24O4. The molecule has 18 heavy (non-hydrogen) atoms. The summed E-state index contributed by atoms with van der Waals surface area (Å²) in [4.78, 5) is 23.7. The van der Waals surface area contributed by atoms with Crippen LogP contribution in [0, 0.1) is 17.8 Å². The van der Waals surface area contributed by atoms with Crippen molar-refractivity contribution in [3.05, 3.63) is 0 Å². The van der Waals surface area contributed by atoms with Gasteiger partial charge in [0.05, 0.1) is 19.6 Å². The van der Waals surface area contributed by atoms with Crippen LogP contribution in [0.15, 0.2) is 0 Å². The largest absolute Gasteiger partial charge is 0.469 e. The van der Waals surface area contributed by atoms with Crippen molar-refractivity contribution in [1.82, 2.24) is 0 Å². The van der Waals surface area contributed by atoms with Gasteiger partial charge in [0.15, 0.2) is 0 Å². The van der Waals surface area contributed by atoms with E-state index in [2.05, 4.69) is 0 Å². The summed E-state index contributed by atoms with van der Waals surface area (Å²) in [6.45, 7) is 6.46. The maximum atomic E-state index is 12.3. The molecule has 1 aliphatic rings. The van der Waals surface area contributed by atoms with Gasteiger partial charge in [0.1, 0.15) is 5.78 Å². The molecule has 0 aromatic carbocycles. The van der Waals surface area contributed by atoms with Crippen LogP contribution in [0.25, 0.3) is 0 Å². The quantitative estimate of drug-likeness (QED) is 0.708. The number of Topliss-reactive ketones (excluding diaryl/α,β-unsaturated/α-hetero) is 1. The van der Waals surface area contributed by atoms with Crippen LogP contribution in [-0.2, 0) is 19.1 Å². The maximum Gasteiger partial charge on any atom is 0.306 e. The van der Waals surface area contributed by atoms with Crippen molar-refractivity contribution in [2.24, 2.45) is 17.8 Å². The third-order valence-electron chi connectivity index (χ3n) is 3.64. The summed E-state index contributed by atoms with van der Waals surface area (Å²) in [5, 5.41) is 0. The lowest BCUT2D eigenvalue weighted by Gasteiger charge is -2.33. The van der Waals surface area contributed by atoms with Gasteiger partial charge in [-0.1, -0.05) is 13.8 Å². The molecule has 3 unspecified atom stereocenters. The van der Waals surface area contributed by atoms with Crippen LogP contribution < -0.4 is 0 Å². The Bertz CT molecular complexity index is 298. The first kappa shape index (κ1) is 15.2. The summed E-state index contributed by atoms with van der Waals surface area (Å²) >= 11 is 0. The van der Waals surface area contributed by atoms with Crippen LogP contribution in [0.3, 0.4) is 0 Å². The van der Waals surface area contributed by atoms with Crippen LogP contribution in [0.2, 0.25) is 0 Å². The number of hydrogen-bond acceptors (Lipinski definition) is 4. The van der Waals surface area contributed by atoms with Gasteiger partial charge in [-0.3, -0.25) is 9.59 Å². The van der Waals surface area contributed by atoms with E-state index in [1.807, 2.05) is 20.8 Å². The first-order valence-corrected chi connectivity index (χ1v) is 6.67. The second kappa shape index (κ2) is 6.88. The van der Waals surface area contributed by atoms with Gasteiger partial charge in [0, 0.05) is 18.4 Å². The van der Waals surface area contributed by atoms with Crippen molar-refractivity contribution in [1.29, 1.82) is 0 Å². The summed E-state index contributed by atoms with van der Waals surface area (Å²) in [6, 6.07) is 0. The molecule has 0 aliphatic carbocycles. The standard InChI is InChI=1S/C14H24O4/c1-9(2)14(16)12(8-13(15)17-4)11-5-6-18-10(3)7-11/h9-12H,5-8H2,1-4H3. The molecule has 1 saturated heterocycles. The lowest BCUT2D eigenvalue weighted by molar-refractivity contribution is -0.146. The van der Waals surface area contributed by atoms with E-state index in [-0.39, 0.29) is 42.0 Å². The Morgan fingerprint density at radius 3 is 2.56 bits per heavy atom. The summed E-state index contributed by atoms with van der Waals surface area (Å²) in [5.41, 5.74) is 0. The molecule has 104 valence electrons. The summed E-state index contributed by atoms with van der Waals surface area (Å²) in [5.74, 6) is -0.156. The number of methoxy groups -OCH3 is 1. The van der Waals surface area contributed by atoms with Gasteiger partial charge in [0.2, 0.25) is 0 Å². The molecular weight excluding hydrogens is 232 g/mol. The Kier molecular flexibility index (Phi) is 5.79. The zero-order valence-corrected chi connectivity index (χ0v) is 11.8. The van der Waals surface area contributed by atoms with Crippen molar-refractivity contribution in [3.8, 4) is 0 Å². The molecule has 1 aliphatic heterocycles. The van der Waals surface area contributed by atoms with E-state index in [1.165, 1.54) is 7.11 Å². The summed E-state index contributed by atoms with van der Waals surface area (Å²) in [6.07, 6.45) is 2.07. The fraction of sp³-hybridized carbons (Fsp3) is 0.857. The number of ether oxygens (including phenoxy) is 2. The molecule has 1 fully saturated rings. The van der Waals surface area contributed by atoms with Crippen LogP contribution in [-0.4, -0.2) is 31.6 Å². The highest BCUT2D eigenvalue weighted by atomic mass is 16.5. The normalized spacial score (nSPS) is 25.8. The number of hydrogen-bond donors (Lipinski definition) is 0. The molecule has 1 rings (SSSR count). The number of esters is 1. The Hall–Kier alpha value is -0.900. The van der Waals surface area contributed by atoms with Gasteiger partial charge >= 0.3 is 5.97 Å². The molecule has 0 saturated carbocycles. The fourth-order valence-corrected chi connectivity index (χ4v) is 2.59. The SMILES string of the molecule is COC(=O)CC(C(=O)C(C)C)C1CCOC(C)C1. The predicted octanol–water partition coefficient (Wildman–Crippen LogP) is 2.21. The van der Waals surface area contributed by atoms with E-state index >= 15 is 0 Å². The lowest BCUT2D eigenvalue weighted by Crippen LogP contribution is -2.35. The van der Waals surface area contributed by atoms with E-state index < -0.39 is 0 Å². The second-order valence-corrected chi connectivity index (χ2v) is 5.41. The van der Waals surface area contributed by atoms with E-state index in [0.717, 1.165) is 12.8 Å². The third kappa shape index (κ3) is 4.09. The van der Waals surface area contributed by atoms with Crippen molar-refractivity contribution in [3.63, 3.8) is 0 Å². The zero-order valence-electron chi connectivity index (χ0n) is 11.8. The average molecular weight is 256 g/mol. The van der Waals surface area contributed by atoms with Crippen molar-refractivity contribution >= 4 is 11.8 Å². The highest BCUT2D eigenvalue weighted by molar-refractivity contribution is 5.87. The molecule has 0 N–H and O–H groups in total. The van der Waals surface area contributed by atoms with E-state index in [4.69, 9.17) is 9.47 Å². The molecule has 3 atom stereocenters. The Labute approximate surface area is 109 Å². The summed E-state index contributed by atoms with van der Waals surface area (Å²) < 4.78 is 10.2. The molecule has 4 nitrogen and oxygen atoms in total. The predicted molar refractivity (Wildman–Crippen MR) is 68.1 cm³/mol. The van der Waals surface area contributed by atoms with Crippen LogP contribution in [0.1, 0.15) is 40.0 Å². The van der Waals surface area contributed by atoms with Gasteiger partial charge in [-0.15, -0.1) is 0 Å². The highest BCUT2D eigenvalue weighted by Crippen LogP contribution is 2.31. The van der Waals surface area contributed by atoms with E-state index in [9.17, 15) is 9.59 Å². The molecule has 0 bridgehead atoms. The number of carbonyl (C=O) groups is 2. The van der Waals surface area contributed by atoms with Crippen molar-refractivity contribution in [2.45, 2.75) is 46.1 Å². The molecule has 0 amide bonds. The molecule has 0 aromatic heterocycles. The summed E-state index contributed by atoms with van der Waals surface area (Å²) in [7, 11) is 1.37. The van der Waals surface area contributed by atoms with E-state index in [0.29, 0.717) is 6.61 Å². The Morgan fingerprint density at radius 2 is 2.06 bits per heavy atom. The lowest BCUT2D eigenvalue weighted by atomic mass is 9.77. The topological polar surface area (TPSA) is 52.6 Å². The molecule has 4 heteroatoms. The van der Waals surface area contributed by atoms with Gasteiger partial charge in [-0.05, 0) is 25.7 Å². The van der Waals surface area contributed by atoms with Crippen LogP contribution in [0.5, 0.6) is 0 Å². The van der Waals surface area contributed by atoms with Crippen molar-refractivity contribution in [2.75, 3.05) is 13.7 Å². The minimum Gasteiger partial charge on any atom is -0.469 e. The van der Waals surface area contributed by atoms with Crippen molar-refractivity contribution < 1.29 is 19.1 Å². The molecule has 0 spiro atoms. The maximum absolute atomic E-state index is 12.3. The molecule has 0 radical (unpaired) electrons. The van der Waals surface area contributed by atoms with Crippen LogP contribution >= 0.6 is 0 Å². The number of rotatable bonds is 5. The van der Waals surface area contributed by atoms with Gasteiger partial charge < -0.3 is 9.47 Å². The van der Waals surface area contributed by atoms with Crippen LogP contribution in [0.4, 0.5) is 0 Å². The average Bonchev–Trinajstić information content (AvgIpc) is 2.34. The number of ketones is 1. The van der Waals surface area contributed by atoms with Gasteiger partial charge in [0.25, 0.3) is 0 Å².